The summed E-state index contributed by atoms with van der Waals surface area (Å²) >= 11 is 6.23. The average molecular weight is 595 g/mol. The van der Waals surface area contributed by atoms with E-state index < -0.39 is 12.5 Å². The topological polar surface area (TPSA) is 113 Å². The molecule has 0 atom stereocenters. The number of allylic oxidation sites excluding steroid dienone is 2. The van der Waals surface area contributed by atoms with Crippen molar-refractivity contribution < 1.29 is 18.3 Å². The van der Waals surface area contributed by atoms with Gasteiger partial charge in [0, 0.05) is 48.2 Å². The molecule has 1 aliphatic rings. The van der Waals surface area contributed by atoms with Crippen molar-refractivity contribution in [3.05, 3.63) is 71.3 Å². The van der Waals surface area contributed by atoms with Crippen LogP contribution in [-0.2, 0) is 6.54 Å². The number of amides is 1. The molecule has 1 aliphatic carbocycles. The molecule has 5 rings (SSSR count). The van der Waals surface area contributed by atoms with E-state index in [9.17, 15) is 13.6 Å². The van der Waals surface area contributed by atoms with Gasteiger partial charge >= 0.3 is 6.61 Å². The lowest BCUT2D eigenvalue weighted by atomic mass is 9.89. The predicted molar refractivity (Wildman–Crippen MR) is 153 cm³/mol. The predicted octanol–water partition coefficient (Wildman–Crippen LogP) is 5.81. The highest BCUT2D eigenvalue weighted by Crippen LogP contribution is 2.37. The second kappa shape index (κ2) is 13.1. The Morgan fingerprint density at radius 1 is 1.36 bits per heavy atom. The van der Waals surface area contributed by atoms with E-state index in [4.69, 9.17) is 21.6 Å². The summed E-state index contributed by atoms with van der Waals surface area (Å²) in [6, 6.07) is 8.60. The van der Waals surface area contributed by atoms with E-state index in [1.54, 1.807) is 29.3 Å². The summed E-state index contributed by atoms with van der Waals surface area (Å²) in [5, 5.41) is 20.8. The summed E-state index contributed by atoms with van der Waals surface area (Å²) in [6.45, 7) is -1.89. The van der Waals surface area contributed by atoms with E-state index in [1.165, 1.54) is 34.5 Å². The van der Waals surface area contributed by atoms with E-state index in [-0.39, 0.29) is 28.3 Å². The van der Waals surface area contributed by atoms with E-state index in [2.05, 4.69) is 44.6 Å². The maximum atomic E-state index is 13.3. The summed E-state index contributed by atoms with van der Waals surface area (Å²) in [6.07, 6.45) is 12.8. The average Bonchev–Trinajstić information content (AvgIpc) is 3.60. The van der Waals surface area contributed by atoms with Crippen LogP contribution in [0.1, 0.15) is 42.5 Å². The zero-order valence-corrected chi connectivity index (χ0v) is 23.6. The molecule has 1 fully saturated rings. The van der Waals surface area contributed by atoms with Crippen molar-refractivity contribution in [1.82, 2.24) is 29.3 Å². The highest BCUT2D eigenvalue weighted by Gasteiger charge is 2.23. The molecule has 10 nitrogen and oxygen atoms in total. The van der Waals surface area contributed by atoms with Crippen molar-refractivity contribution in [1.29, 1.82) is 5.26 Å². The molecule has 0 unspecified atom stereocenters. The largest absolute Gasteiger partial charge is 0.434 e. The van der Waals surface area contributed by atoms with Crippen LogP contribution >= 0.6 is 11.6 Å². The Balaban J connectivity index is 1.41. The van der Waals surface area contributed by atoms with Crippen molar-refractivity contribution in [3.63, 3.8) is 0 Å². The first-order valence-corrected chi connectivity index (χ1v) is 13.9. The third kappa shape index (κ3) is 6.75. The number of hydrogen-bond acceptors (Lipinski definition) is 7. The first kappa shape index (κ1) is 29.2. The number of aromatic nitrogens is 5. The zero-order valence-electron chi connectivity index (χ0n) is 22.9. The van der Waals surface area contributed by atoms with Crippen LogP contribution in [0, 0.1) is 11.3 Å². The number of benzene rings is 1. The Bertz CT molecular complexity index is 1630. The number of carbonyl (C=O) groups is 1. The maximum Gasteiger partial charge on any atom is 0.387 e. The standard InChI is InChI=1S/C29H29ClF2N8O2/c1-38(13-2-11-33)21-7-4-19(5-8-21)10-15-39-18-24(36-28(41)23-17-35-40-14-3-12-34-27(23)40)26(37-39)22-16-20(30)6-9-25(22)42-29(31)32/h3,6,9-10,12,14,16-18,21,29H,2,4-5,7-8,13,15H2,1H3,(H,36,41). The van der Waals surface area contributed by atoms with Crippen LogP contribution in [0.15, 0.2) is 60.7 Å². The minimum absolute atomic E-state index is 0.120. The summed E-state index contributed by atoms with van der Waals surface area (Å²) in [4.78, 5) is 19.8. The minimum atomic E-state index is -3.06. The molecule has 4 aromatic rings. The third-order valence-corrected chi connectivity index (χ3v) is 7.55. The van der Waals surface area contributed by atoms with Crippen molar-refractivity contribution in [2.75, 3.05) is 18.9 Å². The quantitative estimate of drug-likeness (QED) is 0.230. The lowest BCUT2D eigenvalue weighted by molar-refractivity contribution is -0.0494. The van der Waals surface area contributed by atoms with Crippen molar-refractivity contribution in [2.45, 2.75) is 51.3 Å². The van der Waals surface area contributed by atoms with E-state index in [0.717, 1.165) is 32.2 Å². The van der Waals surface area contributed by atoms with Crippen molar-refractivity contribution in [3.8, 4) is 23.1 Å². The number of ether oxygens (including phenoxy) is 1. The third-order valence-electron chi connectivity index (χ3n) is 7.31. The number of nitriles is 1. The van der Waals surface area contributed by atoms with Gasteiger partial charge in [-0.15, -0.1) is 0 Å². The first-order chi connectivity index (χ1) is 20.3. The number of alkyl halides is 2. The zero-order chi connectivity index (χ0) is 29.6. The number of halogens is 3. The molecule has 13 heteroatoms. The van der Waals surface area contributed by atoms with Gasteiger partial charge in [0.1, 0.15) is 17.0 Å². The lowest BCUT2D eigenvalue weighted by Crippen LogP contribution is -2.34. The first-order valence-electron chi connectivity index (χ1n) is 13.5. The highest BCUT2D eigenvalue weighted by atomic mass is 35.5. The van der Waals surface area contributed by atoms with E-state index in [1.807, 2.05) is 0 Å². The summed E-state index contributed by atoms with van der Waals surface area (Å²) in [5.74, 6) is -0.606. The van der Waals surface area contributed by atoms with Crippen LogP contribution in [0.4, 0.5) is 14.5 Å². The summed E-state index contributed by atoms with van der Waals surface area (Å²) in [5.41, 5.74) is 2.63. The molecule has 1 N–H and O–H groups in total. The highest BCUT2D eigenvalue weighted by molar-refractivity contribution is 6.31. The molecule has 3 aromatic heterocycles. The number of nitrogens with one attached hydrogen (secondary N) is 1. The van der Waals surface area contributed by atoms with E-state index in [0.29, 0.717) is 29.7 Å². The molecule has 0 radical (unpaired) electrons. The molecule has 0 saturated heterocycles. The number of carbonyl (C=O) groups excluding carboxylic acids is 1. The van der Waals surface area contributed by atoms with Gasteiger partial charge in [0.25, 0.3) is 5.91 Å². The number of fused-ring (bicyclic) bond motifs is 1. The summed E-state index contributed by atoms with van der Waals surface area (Å²) < 4.78 is 34.4. The Kier molecular flexibility index (Phi) is 9.09. The van der Waals surface area contributed by atoms with Crippen molar-refractivity contribution in [2.24, 2.45) is 0 Å². The smallest absolute Gasteiger partial charge is 0.387 e. The van der Waals surface area contributed by atoms with Crippen molar-refractivity contribution >= 4 is 28.8 Å². The van der Waals surface area contributed by atoms with E-state index >= 15 is 0 Å². The number of rotatable bonds is 10. The minimum Gasteiger partial charge on any atom is -0.434 e. The SMILES string of the molecule is CN(CCC#N)C1CCC(=CCn2cc(NC(=O)c3cnn4cccnc34)c(-c3cc(Cl)ccc3OC(F)F)n2)CC1. The molecular weight excluding hydrogens is 566 g/mol. The Hall–Kier alpha value is -4.34. The normalized spacial score (nSPS) is 15.3. The Morgan fingerprint density at radius 3 is 2.93 bits per heavy atom. The van der Waals surface area contributed by atoms with Gasteiger partial charge in [-0.25, -0.2) is 9.50 Å². The van der Waals surface area contributed by atoms with Gasteiger partial charge in [0.05, 0.1) is 24.5 Å². The fourth-order valence-corrected chi connectivity index (χ4v) is 5.29. The Labute approximate surface area is 246 Å². The van der Waals surface area contributed by atoms with Crippen LogP contribution in [0.25, 0.3) is 16.9 Å². The number of nitrogens with zero attached hydrogens (tertiary/aromatic N) is 7. The van der Waals surface area contributed by atoms with Gasteiger partial charge in [-0.3, -0.25) is 9.48 Å². The van der Waals surface area contributed by atoms with Crippen LogP contribution in [0.2, 0.25) is 5.02 Å². The van der Waals surface area contributed by atoms with Gasteiger partial charge in [-0.2, -0.15) is 24.2 Å². The van der Waals surface area contributed by atoms with Gasteiger partial charge in [-0.05, 0) is 57.0 Å². The van der Waals surface area contributed by atoms with Crippen LogP contribution in [0.3, 0.4) is 0 Å². The molecule has 42 heavy (non-hydrogen) atoms. The monoisotopic (exact) mass is 594 g/mol. The lowest BCUT2D eigenvalue weighted by Gasteiger charge is -2.31. The van der Waals surface area contributed by atoms with Gasteiger partial charge in [0.15, 0.2) is 5.65 Å². The molecular formula is C29H29ClF2N8O2. The molecule has 218 valence electrons. The van der Waals surface area contributed by atoms with Crippen LogP contribution < -0.4 is 10.1 Å². The number of anilines is 1. The molecule has 0 spiro atoms. The number of hydrogen-bond donors (Lipinski definition) is 1. The second-order valence-corrected chi connectivity index (χ2v) is 10.5. The molecule has 0 bridgehead atoms. The van der Waals surface area contributed by atoms with Crippen LogP contribution in [-0.4, -0.2) is 61.4 Å². The molecule has 1 aromatic carbocycles. The Morgan fingerprint density at radius 2 is 2.17 bits per heavy atom. The van der Waals surface area contributed by atoms with Gasteiger partial charge < -0.3 is 15.0 Å². The van der Waals surface area contributed by atoms with Gasteiger partial charge in [0.2, 0.25) is 0 Å². The van der Waals surface area contributed by atoms with Crippen LogP contribution in [0.5, 0.6) is 5.75 Å². The molecule has 0 aliphatic heterocycles. The molecule has 3 heterocycles. The van der Waals surface area contributed by atoms with Gasteiger partial charge in [-0.1, -0.05) is 23.3 Å². The fraction of sp³-hybridized carbons (Fsp3) is 0.345. The molecule has 1 saturated carbocycles. The second-order valence-electron chi connectivity index (χ2n) is 10.0. The maximum absolute atomic E-state index is 13.3. The molecule has 1 amide bonds. The summed E-state index contributed by atoms with van der Waals surface area (Å²) in [7, 11) is 2.06. The fourth-order valence-electron chi connectivity index (χ4n) is 5.12.